The van der Waals surface area contributed by atoms with E-state index in [1.165, 1.54) is 96.3 Å². The van der Waals surface area contributed by atoms with Crippen LogP contribution >= 0.6 is 15.6 Å². The van der Waals surface area contributed by atoms with Crippen LogP contribution in [0.4, 0.5) is 0 Å². The number of ether oxygens (including phenoxy) is 2. The van der Waals surface area contributed by atoms with Gasteiger partial charge in [-0.05, 0) is 24.7 Å². The maximum absolute atomic E-state index is 12.6. The molecule has 0 bridgehead atoms. The van der Waals surface area contributed by atoms with Gasteiger partial charge < -0.3 is 29.3 Å². The summed E-state index contributed by atoms with van der Waals surface area (Å²) in [5, 5.41) is 9.72. The van der Waals surface area contributed by atoms with Gasteiger partial charge in [-0.25, -0.2) is 9.13 Å². The van der Waals surface area contributed by atoms with Crippen LogP contribution in [-0.2, 0) is 41.8 Å². The molecule has 0 aliphatic rings. The molecule has 4 N–H and O–H groups in total. The third-order valence-corrected chi connectivity index (χ3v) is 10.9. The Balaban J connectivity index is 4.44. The number of hydrogen-bond donors (Lipinski definition) is 4. The van der Waals surface area contributed by atoms with E-state index in [-0.39, 0.29) is 19.4 Å². The largest absolute Gasteiger partial charge is 0.472 e. The molecule has 0 fully saturated rings. The van der Waals surface area contributed by atoms with Crippen molar-refractivity contribution in [2.75, 3.05) is 26.4 Å². The Hall–Kier alpha value is -0.880. The van der Waals surface area contributed by atoms with Crippen molar-refractivity contribution in [1.29, 1.82) is 0 Å². The molecule has 0 saturated heterocycles. The molecule has 0 aliphatic heterocycles. The van der Waals surface area contributed by atoms with Crippen LogP contribution in [0.1, 0.15) is 188 Å². The molecular weight excluding hydrogens is 738 g/mol. The summed E-state index contributed by atoms with van der Waals surface area (Å²) in [5.74, 6) is 0.537. The van der Waals surface area contributed by atoms with Crippen LogP contribution in [0, 0.1) is 11.8 Å². The number of carbonyl (C=O) groups is 2. The molecule has 13 nitrogen and oxygen atoms in total. The lowest BCUT2D eigenvalue weighted by Crippen LogP contribution is -2.30. The van der Waals surface area contributed by atoms with Gasteiger partial charge in [0.2, 0.25) is 0 Å². The minimum absolute atomic E-state index is 0.137. The van der Waals surface area contributed by atoms with Gasteiger partial charge in [-0.3, -0.25) is 23.2 Å². The van der Waals surface area contributed by atoms with Crippen LogP contribution in [0.5, 0.6) is 0 Å². The van der Waals surface area contributed by atoms with E-state index in [1.807, 2.05) is 0 Å². The molecule has 322 valence electrons. The van der Waals surface area contributed by atoms with Gasteiger partial charge in [0.1, 0.15) is 12.7 Å². The fraction of sp³-hybridized carbons (Fsp3) is 0.949. The third-order valence-electron chi connectivity index (χ3n) is 9.45. The Labute approximate surface area is 327 Å². The number of hydrogen-bond acceptors (Lipinski definition) is 10. The predicted octanol–water partition coefficient (Wildman–Crippen LogP) is 10.1. The number of phosphoric ester groups is 2. The highest BCUT2D eigenvalue weighted by atomic mass is 31.2. The summed E-state index contributed by atoms with van der Waals surface area (Å²) in [6, 6.07) is 0. The van der Waals surface area contributed by atoms with Crippen molar-refractivity contribution >= 4 is 27.6 Å². The number of phosphoric acid groups is 2. The van der Waals surface area contributed by atoms with Crippen molar-refractivity contribution in [3.8, 4) is 0 Å². The number of unbranched alkanes of at least 4 members (excludes halogenated alkanes) is 18. The highest BCUT2D eigenvalue weighted by Crippen LogP contribution is 2.43. The highest BCUT2D eigenvalue weighted by molar-refractivity contribution is 7.47. The SMILES string of the molecule is CCC(C)CCCCCCCCCCCCCCCCC(=O)O[C@H](COC(=O)CCCCCCCCC(C)C)COP(=O)(O)OC[C@@H](O)COP(=O)(O)O. The lowest BCUT2D eigenvalue weighted by atomic mass is 9.99. The van der Waals surface area contributed by atoms with Crippen LogP contribution in [0.25, 0.3) is 0 Å². The van der Waals surface area contributed by atoms with E-state index < -0.39 is 59.6 Å². The lowest BCUT2D eigenvalue weighted by Gasteiger charge is -2.20. The number of aliphatic hydroxyl groups is 1. The van der Waals surface area contributed by atoms with E-state index in [4.69, 9.17) is 23.8 Å². The zero-order chi connectivity index (χ0) is 40.5. The van der Waals surface area contributed by atoms with Gasteiger partial charge in [-0.15, -0.1) is 0 Å². The first kappa shape index (κ1) is 53.1. The first-order valence-corrected chi connectivity index (χ1v) is 24.0. The maximum atomic E-state index is 12.6. The van der Waals surface area contributed by atoms with E-state index in [2.05, 4.69) is 36.7 Å². The summed E-state index contributed by atoms with van der Waals surface area (Å²) in [5.41, 5.74) is 0. The summed E-state index contributed by atoms with van der Waals surface area (Å²) >= 11 is 0. The molecule has 2 unspecified atom stereocenters. The topological polar surface area (TPSA) is 195 Å². The van der Waals surface area contributed by atoms with Gasteiger partial charge in [0.05, 0.1) is 19.8 Å². The summed E-state index contributed by atoms with van der Waals surface area (Å²) < 4.78 is 47.6. The Morgan fingerprint density at radius 2 is 0.944 bits per heavy atom. The fourth-order valence-electron chi connectivity index (χ4n) is 5.86. The van der Waals surface area contributed by atoms with Crippen molar-refractivity contribution < 1.29 is 61.6 Å². The van der Waals surface area contributed by atoms with E-state index in [9.17, 15) is 28.7 Å². The fourth-order valence-corrected chi connectivity index (χ4v) is 7.02. The Kier molecular flexibility index (Phi) is 33.6. The minimum atomic E-state index is -4.85. The van der Waals surface area contributed by atoms with E-state index in [0.717, 1.165) is 44.4 Å². The number of esters is 2. The smallest absolute Gasteiger partial charge is 0.462 e. The molecule has 0 radical (unpaired) electrons. The summed E-state index contributed by atoms with van der Waals surface area (Å²) in [6.07, 6.45) is 24.2. The molecule has 0 aliphatic carbocycles. The van der Waals surface area contributed by atoms with Crippen molar-refractivity contribution in [2.24, 2.45) is 11.8 Å². The molecule has 0 saturated carbocycles. The maximum Gasteiger partial charge on any atom is 0.472 e. The zero-order valence-corrected chi connectivity index (χ0v) is 36.0. The minimum Gasteiger partial charge on any atom is -0.462 e. The average Bonchev–Trinajstić information content (AvgIpc) is 3.11. The number of aliphatic hydroxyl groups excluding tert-OH is 1. The second kappa shape index (κ2) is 34.2. The highest BCUT2D eigenvalue weighted by Gasteiger charge is 2.28. The molecule has 0 amide bonds. The zero-order valence-electron chi connectivity index (χ0n) is 34.2. The number of carbonyl (C=O) groups excluding carboxylic acids is 2. The molecule has 0 heterocycles. The summed E-state index contributed by atoms with van der Waals surface area (Å²) in [7, 11) is -9.65. The molecule has 0 rings (SSSR count). The first-order valence-electron chi connectivity index (χ1n) is 21.0. The third kappa shape index (κ3) is 38.0. The van der Waals surface area contributed by atoms with Crippen LogP contribution in [-0.4, -0.2) is 70.4 Å². The van der Waals surface area contributed by atoms with Gasteiger partial charge in [0.25, 0.3) is 0 Å². The molecule has 0 aromatic heterocycles. The predicted molar refractivity (Wildman–Crippen MR) is 212 cm³/mol. The molecular formula is C39H78O13P2. The van der Waals surface area contributed by atoms with Crippen molar-refractivity contribution in [3.63, 3.8) is 0 Å². The van der Waals surface area contributed by atoms with Crippen molar-refractivity contribution in [1.82, 2.24) is 0 Å². The van der Waals surface area contributed by atoms with E-state index >= 15 is 0 Å². The quantitative estimate of drug-likeness (QED) is 0.0260. The standard InChI is InChI=1S/C39H78O13P2/c1-5-35(4)27-23-19-14-12-10-8-6-7-9-11-13-15-21-25-29-39(42)52-37(32-48-38(41)28-24-20-17-16-18-22-26-34(2)3)33-51-54(46,47)50-31-36(40)30-49-53(43,44)45/h34-37,40H,5-33H2,1-4H3,(H,46,47)(H2,43,44,45)/t35?,36-,37+/m0/s1. The van der Waals surface area contributed by atoms with E-state index in [0.29, 0.717) is 18.8 Å². The van der Waals surface area contributed by atoms with Crippen LogP contribution in [0.3, 0.4) is 0 Å². The summed E-state index contributed by atoms with van der Waals surface area (Å²) in [4.78, 5) is 52.5. The molecule has 0 spiro atoms. The second-order valence-electron chi connectivity index (χ2n) is 15.4. The normalized spacial score (nSPS) is 14.8. The van der Waals surface area contributed by atoms with Crippen molar-refractivity contribution in [3.05, 3.63) is 0 Å². The van der Waals surface area contributed by atoms with Gasteiger partial charge in [0, 0.05) is 12.8 Å². The van der Waals surface area contributed by atoms with Gasteiger partial charge in [0.15, 0.2) is 6.10 Å². The Morgan fingerprint density at radius 3 is 1.41 bits per heavy atom. The average molecular weight is 817 g/mol. The molecule has 15 heteroatoms. The monoisotopic (exact) mass is 816 g/mol. The Bertz CT molecular complexity index is 1010. The summed E-state index contributed by atoms with van der Waals surface area (Å²) in [6.45, 7) is 6.35. The molecule has 0 aromatic carbocycles. The van der Waals surface area contributed by atoms with Gasteiger partial charge in [-0.2, -0.15) is 0 Å². The molecule has 4 atom stereocenters. The van der Waals surface area contributed by atoms with Gasteiger partial charge in [-0.1, -0.05) is 163 Å². The van der Waals surface area contributed by atoms with Gasteiger partial charge >= 0.3 is 27.6 Å². The first-order chi connectivity index (χ1) is 25.6. The molecule has 54 heavy (non-hydrogen) atoms. The van der Waals surface area contributed by atoms with E-state index in [1.54, 1.807) is 0 Å². The second-order valence-corrected chi connectivity index (χ2v) is 18.0. The lowest BCUT2D eigenvalue weighted by molar-refractivity contribution is -0.161. The van der Waals surface area contributed by atoms with Crippen LogP contribution < -0.4 is 0 Å². The van der Waals surface area contributed by atoms with Crippen LogP contribution in [0.15, 0.2) is 0 Å². The number of rotatable bonds is 39. The Morgan fingerprint density at radius 1 is 0.537 bits per heavy atom. The molecule has 0 aromatic rings. The van der Waals surface area contributed by atoms with Crippen LogP contribution in [0.2, 0.25) is 0 Å². The van der Waals surface area contributed by atoms with Crippen molar-refractivity contribution in [2.45, 2.75) is 200 Å².